The van der Waals surface area contributed by atoms with E-state index in [0.29, 0.717) is 0 Å². The third-order valence-electron chi connectivity index (χ3n) is 1.46. The maximum absolute atomic E-state index is 11.2. The van der Waals surface area contributed by atoms with Crippen molar-refractivity contribution >= 4 is 35.7 Å². The molecule has 14 heavy (non-hydrogen) atoms. The van der Waals surface area contributed by atoms with Gasteiger partial charge in [-0.25, -0.2) is 13.1 Å². The summed E-state index contributed by atoms with van der Waals surface area (Å²) < 4.78 is 23.8. The minimum Gasteiger partial charge on any atom is -0.226 e. The monoisotopic (exact) mass is 301 g/mol. The molecular weight excluding hydrogens is 294 g/mol. The molecule has 0 amide bonds. The van der Waals surface area contributed by atoms with Crippen LogP contribution in [0.15, 0.2) is 9.63 Å². The summed E-state index contributed by atoms with van der Waals surface area (Å²) in [6.45, 7) is 5.42. The third-order valence-corrected chi connectivity index (χ3v) is 3.52. The normalized spacial score (nSPS) is 13.2. The highest BCUT2D eigenvalue weighted by atomic mass is 79.9. The molecule has 80 valence electrons. The second-order valence-corrected chi connectivity index (χ2v) is 6.94. The van der Waals surface area contributed by atoms with Crippen LogP contribution in [0.4, 0.5) is 0 Å². The predicted molar refractivity (Wildman–Crippen MR) is 55.8 cm³/mol. The van der Waals surface area contributed by atoms with E-state index in [-0.39, 0.29) is 9.63 Å². The van der Waals surface area contributed by atoms with Gasteiger partial charge in [0.15, 0.2) is 4.60 Å². The highest BCUT2D eigenvalue weighted by Crippen LogP contribution is 2.27. The van der Waals surface area contributed by atoms with Crippen LogP contribution < -0.4 is 0 Å². The molecule has 0 saturated heterocycles. The molecule has 1 aromatic heterocycles. The number of hydrogen-bond acceptors (Lipinski definition) is 4. The first kappa shape index (κ1) is 11.9. The Morgan fingerprint density at radius 1 is 1.43 bits per heavy atom. The Morgan fingerprint density at radius 3 is 2.21 bits per heavy atom. The molecule has 0 aliphatic carbocycles. The van der Waals surface area contributed by atoms with Gasteiger partial charge in [-0.15, -0.1) is 5.10 Å². The fourth-order valence-electron chi connectivity index (χ4n) is 0.897. The van der Waals surface area contributed by atoms with Crippen molar-refractivity contribution in [2.24, 2.45) is 0 Å². The van der Waals surface area contributed by atoms with Crippen molar-refractivity contribution in [3.63, 3.8) is 0 Å². The molecule has 8 heteroatoms. The summed E-state index contributed by atoms with van der Waals surface area (Å²) in [6.07, 6.45) is 0. The van der Waals surface area contributed by atoms with Crippen LogP contribution in [-0.4, -0.2) is 23.4 Å². The van der Waals surface area contributed by atoms with Gasteiger partial charge >= 0.3 is 0 Å². The Morgan fingerprint density at radius 2 is 1.93 bits per heavy atom. The smallest absolute Gasteiger partial charge is 0.226 e. The largest absolute Gasteiger partial charge is 0.281 e. The van der Waals surface area contributed by atoms with Crippen LogP contribution in [0, 0.1) is 0 Å². The van der Waals surface area contributed by atoms with Crippen molar-refractivity contribution in [3.05, 3.63) is 4.60 Å². The van der Waals surface area contributed by atoms with Crippen molar-refractivity contribution in [1.29, 1.82) is 0 Å². The predicted octanol–water partition coefficient (Wildman–Crippen LogP) is 1.72. The van der Waals surface area contributed by atoms with Crippen molar-refractivity contribution in [2.75, 3.05) is 0 Å². The highest BCUT2D eigenvalue weighted by molar-refractivity contribution is 9.10. The molecule has 0 radical (unpaired) electrons. The summed E-state index contributed by atoms with van der Waals surface area (Å²) in [5, 5.41) is 7.21. The average molecular weight is 303 g/mol. The topological polar surface area (TPSA) is 64.8 Å². The molecule has 0 spiro atoms. The Bertz CT molecular complexity index is 448. The van der Waals surface area contributed by atoms with Gasteiger partial charge in [0.2, 0.25) is 5.03 Å². The first-order chi connectivity index (χ1) is 6.14. The van der Waals surface area contributed by atoms with Gasteiger partial charge in [0.1, 0.15) is 0 Å². The van der Waals surface area contributed by atoms with Gasteiger partial charge in [-0.2, -0.15) is 0 Å². The van der Waals surface area contributed by atoms with E-state index in [4.69, 9.17) is 10.7 Å². The molecule has 0 atom stereocenters. The molecule has 0 aliphatic rings. The minimum absolute atomic E-state index is 0.119. The lowest BCUT2D eigenvalue weighted by Gasteiger charge is -2.19. The molecule has 0 unspecified atom stereocenters. The number of hydrogen-bond donors (Lipinski definition) is 0. The lowest BCUT2D eigenvalue weighted by molar-refractivity contribution is 0.319. The van der Waals surface area contributed by atoms with Gasteiger partial charge in [0.05, 0.1) is 5.54 Å². The summed E-state index contributed by atoms with van der Waals surface area (Å²) in [5.74, 6) is 0. The number of aromatic nitrogens is 3. The van der Waals surface area contributed by atoms with Gasteiger partial charge in [-0.05, 0) is 36.7 Å². The van der Waals surface area contributed by atoms with Crippen molar-refractivity contribution in [3.8, 4) is 0 Å². The van der Waals surface area contributed by atoms with E-state index in [1.807, 2.05) is 0 Å². The highest BCUT2D eigenvalue weighted by Gasteiger charge is 2.29. The Labute approximate surface area is 95.0 Å². The van der Waals surface area contributed by atoms with Crippen LogP contribution in [0.25, 0.3) is 0 Å². The summed E-state index contributed by atoms with van der Waals surface area (Å²) in [6, 6.07) is 0. The summed E-state index contributed by atoms with van der Waals surface area (Å²) in [5.41, 5.74) is -0.490. The van der Waals surface area contributed by atoms with Crippen LogP contribution in [0.2, 0.25) is 0 Å². The maximum Gasteiger partial charge on any atom is 0.281 e. The number of rotatable bonds is 1. The second-order valence-electron chi connectivity index (χ2n) is 3.71. The molecule has 0 aliphatic heterocycles. The SMILES string of the molecule is CC(C)(C)n1nnc(Br)c1S(=O)(=O)Cl. The molecular formula is C6H9BrClN3O2S. The van der Waals surface area contributed by atoms with Crippen LogP contribution >= 0.6 is 26.6 Å². The molecule has 1 rings (SSSR count). The molecule has 1 aromatic rings. The van der Waals surface area contributed by atoms with Crippen LogP contribution in [0.5, 0.6) is 0 Å². The molecule has 0 N–H and O–H groups in total. The molecule has 5 nitrogen and oxygen atoms in total. The number of halogens is 2. The Balaban J connectivity index is 3.51. The fraction of sp³-hybridized carbons (Fsp3) is 0.667. The van der Waals surface area contributed by atoms with E-state index in [1.165, 1.54) is 4.68 Å². The van der Waals surface area contributed by atoms with Gasteiger partial charge < -0.3 is 0 Å². The fourth-order valence-corrected chi connectivity index (χ4v) is 3.23. The quantitative estimate of drug-likeness (QED) is 0.741. The Kier molecular flexibility index (Phi) is 2.95. The van der Waals surface area contributed by atoms with Gasteiger partial charge in [-0.3, -0.25) is 0 Å². The van der Waals surface area contributed by atoms with Gasteiger partial charge in [0.25, 0.3) is 9.05 Å². The standard InChI is InChI=1S/C6H9BrClN3O2S/c1-6(2,3)11-5(14(8,12)13)4(7)9-10-11/h1-3H3. The molecule has 0 saturated carbocycles. The van der Waals surface area contributed by atoms with Crippen molar-refractivity contribution in [1.82, 2.24) is 15.0 Å². The van der Waals surface area contributed by atoms with E-state index in [2.05, 4.69) is 26.2 Å². The molecule has 0 aromatic carbocycles. The van der Waals surface area contributed by atoms with Gasteiger partial charge in [0, 0.05) is 10.7 Å². The number of nitrogens with zero attached hydrogens (tertiary/aromatic N) is 3. The van der Waals surface area contributed by atoms with Crippen molar-refractivity contribution in [2.45, 2.75) is 31.3 Å². The van der Waals surface area contributed by atoms with E-state index in [1.54, 1.807) is 20.8 Å². The van der Waals surface area contributed by atoms with E-state index in [0.717, 1.165) is 0 Å². The van der Waals surface area contributed by atoms with E-state index >= 15 is 0 Å². The minimum atomic E-state index is -3.84. The summed E-state index contributed by atoms with van der Waals surface area (Å²) in [7, 11) is 1.42. The molecule has 0 bridgehead atoms. The first-order valence-electron chi connectivity index (χ1n) is 3.70. The van der Waals surface area contributed by atoms with E-state index < -0.39 is 14.6 Å². The van der Waals surface area contributed by atoms with Crippen LogP contribution in [-0.2, 0) is 14.6 Å². The summed E-state index contributed by atoms with van der Waals surface area (Å²) in [4.78, 5) is 0. The zero-order chi connectivity index (χ0) is 11.1. The summed E-state index contributed by atoms with van der Waals surface area (Å²) >= 11 is 2.99. The van der Waals surface area contributed by atoms with Crippen molar-refractivity contribution < 1.29 is 8.42 Å². The lowest BCUT2D eigenvalue weighted by Crippen LogP contribution is -2.26. The van der Waals surface area contributed by atoms with E-state index in [9.17, 15) is 8.42 Å². The maximum atomic E-state index is 11.2. The lowest BCUT2D eigenvalue weighted by atomic mass is 10.1. The van der Waals surface area contributed by atoms with Gasteiger partial charge in [-0.1, -0.05) is 5.21 Å². The van der Waals surface area contributed by atoms with Crippen LogP contribution in [0.3, 0.4) is 0 Å². The third kappa shape index (κ3) is 2.26. The zero-order valence-electron chi connectivity index (χ0n) is 7.82. The Hall–Kier alpha value is -0.140. The molecule has 0 fully saturated rings. The second kappa shape index (κ2) is 3.46. The zero-order valence-corrected chi connectivity index (χ0v) is 11.0. The molecule has 1 heterocycles. The van der Waals surface area contributed by atoms with Crippen LogP contribution in [0.1, 0.15) is 20.8 Å². The first-order valence-corrected chi connectivity index (χ1v) is 6.80. The average Bonchev–Trinajstić information content (AvgIpc) is 2.27.